The largest absolute Gasteiger partial charge is 0.357 e. The summed E-state index contributed by atoms with van der Waals surface area (Å²) < 4.78 is 0.819. The molecule has 3 rings (SSSR count). The Balaban J connectivity index is 1.43. The Morgan fingerprint density at radius 1 is 1.12 bits per heavy atom. The summed E-state index contributed by atoms with van der Waals surface area (Å²) in [5.41, 5.74) is 1.44. The van der Waals surface area contributed by atoms with Crippen molar-refractivity contribution in [3.8, 4) is 0 Å². The fourth-order valence-electron chi connectivity index (χ4n) is 2.81. The molecule has 1 aliphatic heterocycles. The highest BCUT2D eigenvalue weighted by Crippen LogP contribution is 2.17. The first kappa shape index (κ1) is 18.4. The van der Waals surface area contributed by atoms with Gasteiger partial charge in [0.05, 0.1) is 6.54 Å². The Hall–Kier alpha value is -2.41. The molecule has 2 amide bonds. The highest BCUT2D eigenvalue weighted by molar-refractivity contribution is 9.10. The number of benzene rings is 1. The summed E-state index contributed by atoms with van der Waals surface area (Å²) in [6, 6.07) is 11.0. The summed E-state index contributed by atoms with van der Waals surface area (Å²) in [6.07, 6.45) is 4.21. The average Bonchev–Trinajstić information content (AvgIpc) is 3.19. The summed E-state index contributed by atoms with van der Waals surface area (Å²) in [5.74, 6) is 0.467. The zero-order valence-corrected chi connectivity index (χ0v) is 16.0. The predicted molar refractivity (Wildman–Crippen MR) is 104 cm³/mol. The Kier molecular flexibility index (Phi) is 6.22. The minimum Gasteiger partial charge on any atom is -0.357 e. The summed E-state index contributed by atoms with van der Waals surface area (Å²) in [4.78, 5) is 30.7. The molecule has 1 saturated heterocycles. The molecule has 1 fully saturated rings. The fourth-order valence-corrected chi connectivity index (χ4v) is 3.21. The average molecular weight is 417 g/mol. The van der Waals surface area contributed by atoms with Crippen LogP contribution in [0.1, 0.15) is 28.8 Å². The number of aromatic nitrogens is 1. The highest BCUT2D eigenvalue weighted by atomic mass is 79.9. The number of nitrogens with zero attached hydrogens (tertiary/aromatic N) is 2. The second-order valence-corrected chi connectivity index (χ2v) is 7.10. The van der Waals surface area contributed by atoms with Crippen LogP contribution >= 0.6 is 15.9 Å². The van der Waals surface area contributed by atoms with Crippen LogP contribution in [0.4, 0.5) is 5.82 Å². The van der Waals surface area contributed by atoms with Crippen molar-refractivity contribution in [3.63, 3.8) is 0 Å². The lowest BCUT2D eigenvalue weighted by Gasteiger charge is -2.16. The summed E-state index contributed by atoms with van der Waals surface area (Å²) in [5, 5.41) is 5.40. The van der Waals surface area contributed by atoms with Gasteiger partial charge in [-0.15, -0.1) is 0 Å². The molecule has 1 aromatic heterocycles. The van der Waals surface area contributed by atoms with Gasteiger partial charge in [0, 0.05) is 35.9 Å². The van der Waals surface area contributed by atoms with Gasteiger partial charge in [0.25, 0.3) is 5.91 Å². The van der Waals surface area contributed by atoms with Crippen LogP contribution in [0.25, 0.3) is 0 Å². The number of halogens is 1. The first-order valence-corrected chi connectivity index (χ1v) is 9.41. The number of nitrogens with one attached hydrogen (secondary N) is 2. The Labute approximate surface area is 161 Å². The van der Waals surface area contributed by atoms with Crippen molar-refractivity contribution in [1.29, 1.82) is 0 Å². The zero-order valence-electron chi connectivity index (χ0n) is 14.4. The van der Waals surface area contributed by atoms with Gasteiger partial charge in [-0.05, 0) is 42.7 Å². The number of carbonyl (C=O) groups is 2. The van der Waals surface area contributed by atoms with E-state index in [4.69, 9.17) is 0 Å². The molecule has 0 spiro atoms. The molecule has 7 heteroatoms. The molecule has 1 aromatic carbocycles. The summed E-state index contributed by atoms with van der Waals surface area (Å²) in [6.45, 7) is 2.44. The fraction of sp³-hybridized carbons (Fsp3) is 0.316. The van der Waals surface area contributed by atoms with E-state index in [9.17, 15) is 9.59 Å². The molecule has 26 heavy (non-hydrogen) atoms. The topological polar surface area (TPSA) is 74.3 Å². The van der Waals surface area contributed by atoms with Gasteiger partial charge in [0.15, 0.2) is 0 Å². The number of pyridine rings is 1. The van der Waals surface area contributed by atoms with Gasteiger partial charge in [-0.25, -0.2) is 4.98 Å². The normalized spacial score (nSPS) is 13.5. The van der Waals surface area contributed by atoms with Gasteiger partial charge in [-0.1, -0.05) is 28.1 Å². The van der Waals surface area contributed by atoms with E-state index in [1.807, 2.05) is 18.2 Å². The lowest BCUT2D eigenvalue weighted by atomic mass is 10.2. The van der Waals surface area contributed by atoms with Crippen molar-refractivity contribution in [2.75, 3.05) is 24.5 Å². The molecular formula is C19H21BrN4O2. The molecule has 0 bridgehead atoms. The summed E-state index contributed by atoms with van der Waals surface area (Å²) >= 11 is 3.32. The van der Waals surface area contributed by atoms with Crippen molar-refractivity contribution in [2.45, 2.75) is 19.4 Å². The number of hydrogen-bond acceptors (Lipinski definition) is 4. The van der Waals surface area contributed by atoms with Crippen LogP contribution in [-0.4, -0.2) is 36.4 Å². The van der Waals surface area contributed by atoms with E-state index >= 15 is 0 Å². The maximum absolute atomic E-state index is 12.0. The van der Waals surface area contributed by atoms with Crippen LogP contribution in [0.5, 0.6) is 0 Å². The second-order valence-electron chi connectivity index (χ2n) is 6.19. The van der Waals surface area contributed by atoms with Crippen molar-refractivity contribution in [3.05, 3.63) is 58.2 Å². The van der Waals surface area contributed by atoms with Crippen LogP contribution in [0, 0.1) is 0 Å². The van der Waals surface area contributed by atoms with E-state index in [0.717, 1.165) is 28.9 Å². The minimum atomic E-state index is -0.280. The third kappa shape index (κ3) is 5.05. The van der Waals surface area contributed by atoms with E-state index in [0.29, 0.717) is 12.1 Å². The van der Waals surface area contributed by atoms with E-state index in [2.05, 4.69) is 36.4 Å². The molecule has 2 aromatic rings. The van der Waals surface area contributed by atoms with Crippen molar-refractivity contribution in [1.82, 2.24) is 15.6 Å². The number of rotatable bonds is 6. The number of carbonyl (C=O) groups excluding carboxylic acids is 2. The summed E-state index contributed by atoms with van der Waals surface area (Å²) in [7, 11) is 0. The quantitative estimate of drug-likeness (QED) is 0.758. The molecule has 2 heterocycles. The van der Waals surface area contributed by atoms with Crippen LogP contribution in [0.3, 0.4) is 0 Å². The molecule has 0 atom stereocenters. The monoisotopic (exact) mass is 416 g/mol. The molecule has 0 aliphatic carbocycles. The van der Waals surface area contributed by atoms with Gasteiger partial charge in [-0.2, -0.15) is 0 Å². The highest BCUT2D eigenvalue weighted by Gasteiger charge is 2.13. The Morgan fingerprint density at radius 3 is 2.62 bits per heavy atom. The first-order valence-electron chi connectivity index (χ1n) is 8.62. The molecule has 6 nitrogen and oxygen atoms in total. The van der Waals surface area contributed by atoms with E-state index in [1.54, 1.807) is 24.4 Å². The minimum absolute atomic E-state index is 0.0648. The first-order chi connectivity index (χ1) is 12.6. The molecule has 0 unspecified atom stereocenters. The molecule has 2 N–H and O–H groups in total. The third-order valence-electron chi connectivity index (χ3n) is 4.23. The number of hydrogen-bond donors (Lipinski definition) is 2. The smallest absolute Gasteiger partial charge is 0.251 e. The standard InChI is InChI=1S/C19H21BrN4O2/c20-16-5-3-4-15(10-16)19(26)23-13-18(25)22-12-14-6-7-17(21-11-14)24-8-1-2-9-24/h3-7,10-11H,1-2,8-9,12-13H2,(H,22,25)(H,23,26). The Morgan fingerprint density at radius 2 is 1.92 bits per heavy atom. The second kappa shape index (κ2) is 8.80. The Bertz CT molecular complexity index is 773. The van der Waals surface area contributed by atoms with E-state index in [1.165, 1.54) is 12.8 Å². The molecule has 136 valence electrons. The lowest BCUT2D eigenvalue weighted by molar-refractivity contribution is -0.120. The zero-order chi connectivity index (χ0) is 18.4. The van der Waals surface area contributed by atoms with Gasteiger partial charge >= 0.3 is 0 Å². The molecular weight excluding hydrogens is 396 g/mol. The van der Waals surface area contributed by atoms with Crippen LogP contribution in [-0.2, 0) is 11.3 Å². The van der Waals surface area contributed by atoms with E-state index in [-0.39, 0.29) is 18.4 Å². The number of anilines is 1. The van der Waals surface area contributed by atoms with Crippen molar-refractivity contribution >= 4 is 33.6 Å². The van der Waals surface area contributed by atoms with Crippen LogP contribution < -0.4 is 15.5 Å². The van der Waals surface area contributed by atoms with Gasteiger partial charge in [-0.3, -0.25) is 9.59 Å². The van der Waals surface area contributed by atoms with Crippen molar-refractivity contribution < 1.29 is 9.59 Å². The van der Waals surface area contributed by atoms with Crippen LogP contribution in [0.15, 0.2) is 47.1 Å². The lowest BCUT2D eigenvalue weighted by Crippen LogP contribution is -2.36. The SMILES string of the molecule is O=C(CNC(=O)c1cccc(Br)c1)NCc1ccc(N2CCCC2)nc1. The van der Waals surface area contributed by atoms with E-state index < -0.39 is 0 Å². The molecule has 0 radical (unpaired) electrons. The number of amides is 2. The molecule has 1 aliphatic rings. The van der Waals surface area contributed by atoms with Crippen LogP contribution in [0.2, 0.25) is 0 Å². The third-order valence-corrected chi connectivity index (χ3v) is 4.72. The maximum Gasteiger partial charge on any atom is 0.251 e. The van der Waals surface area contributed by atoms with Crippen molar-refractivity contribution in [2.24, 2.45) is 0 Å². The van der Waals surface area contributed by atoms with Gasteiger partial charge < -0.3 is 15.5 Å². The van der Waals surface area contributed by atoms with Gasteiger partial charge in [0.1, 0.15) is 5.82 Å². The predicted octanol–water partition coefficient (Wildman–Crippen LogP) is 2.49. The molecule has 0 saturated carbocycles. The maximum atomic E-state index is 12.0. The van der Waals surface area contributed by atoms with Gasteiger partial charge in [0.2, 0.25) is 5.91 Å².